The number of rotatable bonds is 3. The van der Waals surface area contributed by atoms with Gasteiger partial charge in [-0.3, -0.25) is 4.79 Å². The quantitative estimate of drug-likeness (QED) is 0.850. The Bertz CT molecular complexity index is 434. The van der Waals surface area contributed by atoms with Gasteiger partial charge in [0.2, 0.25) is 0 Å². The molecule has 0 unspecified atom stereocenters. The average Bonchev–Trinajstić information content (AvgIpc) is 2.30. The van der Waals surface area contributed by atoms with E-state index >= 15 is 0 Å². The molecule has 2 rings (SSSR count). The van der Waals surface area contributed by atoms with E-state index in [0.717, 1.165) is 44.3 Å². The fourth-order valence-electron chi connectivity index (χ4n) is 2.42. The predicted octanol–water partition coefficient (Wildman–Crippen LogP) is 2.23. The van der Waals surface area contributed by atoms with E-state index in [1.807, 2.05) is 0 Å². The summed E-state index contributed by atoms with van der Waals surface area (Å²) in [5.74, 6) is -0.0863. The van der Waals surface area contributed by atoms with Crippen LogP contribution in [0.2, 0.25) is 0 Å². The monoisotopic (exact) mass is 221 g/mol. The summed E-state index contributed by atoms with van der Waals surface area (Å²) < 4.78 is 1.79. The van der Waals surface area contributed by atoms with Crippen molar-refractivity contribution in [2.75, 3.05) is 0 Å². The summed E-state index contributed by atoms with van der Waals surface area (Å²) in [6, 6.07) is 1.67. The van der Waals surface area contributed by atoms with Crippen LogP contribution in [0.1, 0.15) is 43.9 Å². The Morgan fingerprint density at radius 3 is 2.88 bits per heavy atom. The molecule has 0 aromatic carbocycles. The Morgan fingerprint density at radius 2 is 2.12 bits per heavy atom. The molecule has 1 aliphatic rings. The van der Waals surface area contributed by atoms with Gasteiger partial charge in [-0.05, 0) is 43.7 Å². The zero-order valence-corrected chi connectivity index (χ0v) is 9.83. The van der Waals surface area contributed by atoms with Crippen LogP contribution in [0.15, 0.2) is 10.9 Å². The third-order valence-electron chi connectivity index (χ3n) is 3.32. The van der Waals surface area contributed by atoms with Crippen LogP contribution in [0.4, 0.5) is 0 Å². The van der Waals surface area contributed by atoms with Crippen LogP contribution in [0.5, 0.6) is 5.75 Å². The molecule has 1 aliphatic carbocycles. The maximum absolute atomic E-state index is 11.9. The number of hydrogen-bond acceptors (Lipinski definition) is 2. The summed E-state index contributed by atoms with van der Waals surface area (Å²) >= 11 is 0. The van der Waals surface area contributed by atoms with Crippen LogP contribution in [-0.4, -0.2) is 9.67 Å². The van der Waals surface area contributed by atoms with Gasteiger partial charge in [-0.25, -0.2) is 0 Å². The highest BCUT2D eigenvalue weighted by Gasteiger charge is 2.16. The highest BCUT2D eigenvalue weighted by Crippen LogP contribution is 2.22. The molecule has 3 heteroatoms. The lowest BCUT2D eigenvalue weighted by molar-refractivity contribution is 0.444. The van der Waals surface area contributed by atoms with E-state index in [9.17, 15) is 9.90 Å². The van der Waals surface area contributed by atoms with Crippen LogP contribution in [0, 0.1) is 0 Å². The van der Waals surface area contributed by atoms with Crippen molar-refractivity contribution >= 4 is 0 Å². The summed E-state index contributed by atoms with van der Waals surface area (Å²) in [4.78, 5) is 11.9. The maximum atomic E-state index is 11.9. The van der Waals surface area contributed by atoms with Gasteiger partial charge in [-0.2, -0.15) is 0 Å². The minimum Gasteiger partial charge on any atom is -0.503 e. The Labute approximate surface area is 95.7 Å². The summed E-state index contributed by atoms with van der Waals surface area (Å²) in [6.07, 6.45) is 6.36. The lowest BCUT2D eigenvalue weighted by atomic mass is 9.95. The van der Waals surface area contributed by atoms with E-state index < -0.39 is 0 Å². The fourth-order valence-corrected chi connectivity index (χ4v) is 2.42. The van der Waals surface area contributed by atoms with Gasteiger partial charge in [-0.1, -0.05) is 13.3 Å². The minimum atomic E-state index is -0.214. The van der Waals surface area contributed by atoms with Crippen molar-refractivity contribution in [1.82, 2.24) is 4.57 Å². The summed E-state index contributed by atoms with van der Waals surface area (Å²) in [5, 5.41) is 9.62. The smallest absolute Gasteiger partial charge is 0.292 e. The highest BCUT2D eigenvalue weighted by atomic mass is 16.3. The van der Waals surface area contributed by atoms with Crippen molar-refractivity contribution in [2.45, 2.75) is 52.0 Å². The average molecular weight is 221 g/mol. The number of fused-ring (bicyclic) bond motifs is 1. The summed E-state index contributed by atoms with van der Waals surface area (Å²) in [6.45, 7) is 2.85. The van der Waals surface area contributed by atoms with Gasteiger partial charge in [0, 0.05) is 12.2 Å². The van der Waals surface area contributed by atoms with Crippen molar-refractivity contribution in [2.24, 2.45) is 0 Å². The molecule has 1 aromatic rings. The van der Waals surface area contributed by atoms with E-state index in [-0.39, 0.29) is 11.3 Å². The number of pyridine rings is 1. The van der Waals surface area contributed by atoms with Gasteiger partial charge >= 0.3 is 0 Å². The highest BCUT2D eigenvalue weighted by molar-refractivity contribution is 5.31. The first-order valence-corrected chi connectivity index (χ1v) is 6.18. The fraction of sp³-hybridized carbons (Fsp3) is 0.615. The van der Waals surface area contributed by atoms with Crippen LogP contribution in [0.25, 0.3) is 0 Å². The molecule has 16 heavy (non-hydrogen) atoms. The molecule has 88 valence electrons. The molecule has 0 radical (unpaired) electrons. The van der Waals surface area contributed by atoms with Gasteiger partial charge in [-0.15, -0.1) is 0 Å². The molecule has 0 atom stereocenters. The Hall–Kier alpha value is -1.25. The number of aryl methyl sites for hydroxylation is 1. The molecule has 0 spiro atoms. The van der Waals surface area contributed by atoms with E-state index in [0.29, 0.717) is 0 Å². The number of aromatic hydroxyl groups is 1. The Balaban J connectivity index is 2.46. The lowest BCUT2D eigenvalue weighted by Gasteiger charge is -2.21. The molecule has 0 fully saturated rings. The second-order valence-corrected chi connectivity index (χ2v) is 4.52. The summed E-state index contributed by atoms with van der Waals surface area (Å²) in [5.41, 5.74) is 2.11. The van der Waals surface area contributed by atoms with Crippen molar-refractivity contribution < 1.29 is 5.11 Å². The zero-order chi connectivity index (χ0) is 11.5. The van der Waals surface area contributed by atoms with Crippen LogP contribution in [0.3, 0.4) is 0 Å². The third kappa shape index (κ3) is 1.99. The summed E-state index contributed by atoms with van der Waals surface area (Å²) in [7, 11) is 0. The van der Waals surface area contributed by atoms with E-state index in [4.69, 9.17) is 0 Å². The first kappa shape index (κ1) is 11.2. The van der Waals surface area contributed by atoms with Crippen LogP contribution in [-0.2, 0) is 19.4 Å². The number of hydrogen-bond donors (Lipinski definition) is 1. The molecule has 0 aliphatic heterocycles. The van der Waals surface area contributed by atoms with E-state index in [2.05, 4.69) is 6.92 Å². The number of aromatic nitrogens is 1. The molecule has 0 saturated heterocycles. The Kier molecular flexibility index (Phi) is 3.32. The van der Waals surface area contributed by atoms with Crippen LogP contribution >= 0.6 is 0 Å². The van der Waals surface area contributed by atoms with Gasteiger partial charge in [0.25, 0.3) is 5.56 Å². The first-order valence-electron chi connectivity index (χ1n) is 6.18. The zero-order valence-electron chi connectivity index (χ0n) is 9.83. The molecule has 1 heterocycles. The van der Waals surface area contributed by atoms with Crippen molar-refractivity contribution in [3.63, 3.8) is 0 Å². The van der Waals surface area contributed by atoms with Crippen molar-refractivity contribution in [1.29, 1.82) is 0 Å². The predicted molar refractivity (Wildman–Crippen MR) is 63.9 cm³/mol. The largest absolute Gasteiger partial charge is 0.503 e. The first-order chi connectivity index (χ1) is 7.74. The number of unbranched alkanes of at least 4 members (excludes halogenated alkanes) is 1. The van der Waals surface area contributed by atoms with Gasteiger partial charge in [0.15, 0.2) is 5.75 Å². The van der Waals surface area contributed by atoms with Gasteiger partial charge < -0.3 is 9.67 Å². The SMILES string of the molecule is CCCCn1c2c(cc(O)c1=O)CCCC2. The second-order valence-electron chi connectivity index (χ2n) is 4.52. The van der Waals surface area contributed by atoms with E-state index in [1.54, 1.807) is 10.6 Å². The minimum absolute atomic E-state index is 0.0863. The molecule has 1 N–H and O–H groups in total. The molecule has 0 amide bonds. The molecule has 0 bridgehead atoms. The van der Waals surface area contributed by atoms with Crippen molar-refractivity contribution in [3.05, 3.63) is 27.7 Å². The molecular formula is C13H19NO2. The lowest BCUT2D eigenvalue weighted by Crippen LogP contribution is -2.26. The third-order valence-corrected chi connectivity index (χ3v) is 3.32. The normalized spacial score (nSPS) is 14.8. The van der Waals surface area contributed by atoms with Gasteiger partial charge in [0.05, 0.1) is 0 Å². The second kappa shape index (κ2) is 4.73. The molecule has 1 aromatic heterocycles. The molecular weight excluding hydrogens is 202 g/mol. The Morgan fingerprint density at radius 1 is 1.38 bits per heavy atom. The van der Waals surface area contributed by atoms with Gasteiger partial charge in [0.1, 0.15) is 0 Å². The standard InChI is InChI=1S/C13H19NO2/c1-2-3-8-14-11-7-5-4-6-10(11)9-12(15)13(14)16/h9,15H,2-8H2,1H3. The van der Waals surface area contributed by atoms with Crippen LogP contribution < -0.4 is 5.56 Å². The topological polar surface area (TPSA) is 42.2 Å². The van der Waals surface area contributed by atoms with Crippen molar-refractivity contribution in [3.8, 4) is 5.75 Å². The molecule has 3 nitrogen and oxygen atoms in total. The number of nitrogens with zero attached hydrogens (tertiary/aromatic N) is 1. The van der Waals surface area contributed by atoms with E-state index in [1.165, 1.54) is 12.0 Å². The molecule has 0 saturated carbocycles. The maximum Gasteiger partial charge on any atom is 0.292 e.